The molecule has 6 heteroatoms. The zero-order chi connectivity index (χ0) is 9.44. The van der Waals surface area contributed by atoms with E-state index in [2.05, 4.69) is 0 Å². The number of carboxylic acids is 1. The van der Waals surface area contributed by atoms with Crippen LogP contribution in [-0.2, 0) is 4.79 Å². The second kappa shape index (κ2) is 6.94. The molecule has 0 radical (unpaired) electrons. The summed E-state index contributed by atoms with van der Waals surface area (Å²) in [6.45, 7) is 3.55. The van der Waals surface area contributed by atoms with E-state index in [0.717, 1.165) is 0 Å². The predicted molar refractivity (Wildman–Crippen MR) is 38.0 cm³/mol. The third-order valence-electron chi connectivity index (χ3n) is 1.00. The molecule has 0 saturated carbocycles. The Labute approximate surface area is 63.9 Å². The topological polar surface area (TPSA) is 113 Å². The van der Waals surface area contributed by atoms with E-state index in [1.807, 2.05) is 0 Å². The van der Waals surface area contributed by atoms with Crippen LogP contribution in [0.3, 0.4) is 0 Å². The lowest BCUT2D eigenvalue weighted by Crippen LogP contribution is -2.34. The highest BCUT2D eigenvalue weighted by Crippen LogP contribution is 1.96. The number of carbonyl (C=O) groups is 1. The van der Waals surface area contributed by atoms with Crippen LogP contribution < -0.4 is 5.73 Å². The Morgan fingerprint density at radius 2 is 1.82 bits per heavy atom. The van der Waals surface area contributed by atoms with E-state index in [9.17, 15) is 4.79 Å². The first kappa shape index (κ1) is 12.5. The minimum Gasteiger partial charge on any atom is -0.480 e. The summed E-state index contributed by atoms with van der Waals surface area (Å²) in [5.41, 5.74) is 5.16. The fraction of sp³-hybridized carbons (Fsp3) is 0.800. The lowest BCUT2D eigenvalue weighted by atomic mass is 10.1. The highest BCUT2D eigenvalue weighted by Gasteiger charge is 2.14. The van der Waals surface area contributed by atoms with Crippen LogP contribution in [0.15, 0.2) is 5.34 Å². The SMILES string of the molecule is CC(C)C(N)C(=O)O.O=NO. The van der Waals surface area contributed by atoms with E-state index < -0.39 is 12.0 Å². The van der Waals surface area contributed by atoms with Gasteiger partial charge in [0.25, 0.3) is 0 Å². The summed E-state index contributed by atoms with van der Waals surface area (Å²) < 4.78 is 0. The molecule has 1 unspecified atom stereocenters. The molecule has 0 rings (SSSR count). The van der Waals surface area contributed by atoms with Crippen LogP contribution >= 0.6 is 0 Å². The highest BCUT2D eigenvalue weighted by atomic mass is 16.6. The second-order valence-electron chi connectivity index (χ2n) is 2.19. The Morgan fingerprint density at radius 3 is 1.82 bits per heavy atom. The van der Waals surface area contributed by atoms with Gasteiger partial charge in [-0.05, 0) is 5.92 Å². The Morgan fingerprint density at radius 1 is 1.55 bits per heavy atom. The van der Waals surface area contributed by atoms with Crippen molar-refractivity contribution < 1.29 is 15.1 Å². The Balaban J connectivity index is 0. The molecule has 0 amide bonds. The van der Waals surface area contributed by atoms with Gasteiger partial charge in [0.15, 0.2) is 5.34 Å². The quantitative estimate of drug-likeness (QED) is 0.398. The molecule has 0 fully saturated rings. The number of nitrogens with two attached hydrogens (primary N) is 1. The molecule has 6 nitrogen and oxygen atoms in total. The molecule has 0 aliphatic rings. The number of nitrogens with zero attached hydrogens (tertiary/aromatic N) is 1. The molecule has 66 valence electrons. The molecule has 0 aromatic carbocycles. The predicted octanol–water partition coefficient (Wildman–Crippen LogP) is 0.196. The van der Waals surface area contributed by atoms with Crippen LogP contribution in [0.2, 0.25) is 0 Å². The first-order valence-corrected chi connectivity index (χ1v) is 2.92. The standard InChI is InChI=1S/C5H11NO2.HNO2/c1-3(2)4(6)5(7)8;2-1-3/h3-4H,6H2,1-2H3,(H,7,8);(H,2,3). The van der Waals surface area contributed by atoms with Crippen LogP contribution in [0.1, 0.15) is 13.8 Å². The fourth-order valence-corrected chi connectivity index (χ4v) is 0.285. The largest absolute Gasteiger partial charge is 0.480 e. The molecule has 0 saturated heterocycles. The molecule has 1 atom stereocenters. The van der Waals surface area contributed by atoms with E-state index >= 15 is 0 Å². The summed E-state index contributed by atoms with van der Waals surface area (Å²) in [6, 6.07) is -0.713. The van der Waals surface area contributed by atoms with E-state index in [-0.39, 0.29) is 5.92 Å². The smallest absolute Gasteiger partial charge is 0.320 e. The zero-order valence-corrected chi connectivity index (χ0v) is 6.39. The minimum absolute atomic E-state index is 0.0208. The molecule has 11 heavy (non-hydrogen) atoms. The Bertz CT molecular complexity index is 126. The van der Waals surface area contributed by atoms with Gasteiger partial charge in [-0.25, -0.2) is 0 Å². The van der Waals surface area contributed by atoms with Gasteiger partial charge < -0.3 is 16.0 Å². The molecule has 0 aromatic heterocycles. The minimum atomic E-state index is -0.931. The third kappa shape index (κ3) is 8.83. The monoisotopic (exact) mass is 164 g/mol. The zero-order valence-electron chi connectivity index (χ0n) is 6.39. The van der Waals surface area contributed by atoms with E-state index in [0.29, 0.717) is 0 Å². The van der Waals surface area contributed by atoms with Crippen molar-refractivity contribution in [2.75, 3.05) is 0 Å². The van der Waals surface area contributed by atoms with E-state index in [1.165, 1.54) is 5.34 Å². The molecule has 0 aliphatic heterocycles. The van der Waals surface area contributed by atoms with E-state index in [1.54, 1.807) is 13.8 Å². The van der Waals surface area contributed by atoms with Crippen LogP contribution in [0, 0.1) is 10.8 Å². The molecule has 4 N–H and O–H groups in total. The third-order valence-corrected chi connectivity index (χ3v) is 1.00. The summed E-state index contributed by atoms with van der Waals surface area (Å²) in [7, 11) is 0. The van der Waals surface area contributed by atoms with Gasteiger partial charge in [-0.1, -0.05) is 13.8 Å². The first-order chi connectivity index (χ1) is 4.97. The number of carboxylic acid groups (broad SMARTS) is 1. The lowest BCUT2D eigenvalue weighted by Gasteiger charge is -2.07. The van der Waals surface area contributed by atoms with Crippen molar-refractivity contribution in [2.45, 2.75) is 19.9 Å². The summed E-state index contributed by atoms with van der Waals surface area (Å²) in [4.78, 5) is 18.1. The number of aliphatic carboxylic acids is 1. The van der Waals surface area contributed by atoms with Crippen molar-refractivity contribution in [1.29, 1.82) is 0 Å². The average molecular weight is 164 g/mol. The number of hydrogen-bond donors (Lipinski definition) is 3. The van der Waals surface area contributed by atoms with Crippen LogP contribution in [0.25, 0.3) is 0 Å². The van der Waals surface area contributed by atoms with Crippen molar-refractivity contribution in [1.82, 2.24) is 0 Å². The average Bonchev–Trinajstić information content (AvgIpc) is 1.87. The van der Waals surface area contributed by atoms with Crippen molar-refractivity contribution in [3.8, 4) is 0 Å². The number of hydrogen-bond acceptors (Lipinski definition) is 4. The Kier molecular flexibility index (Phi) is 7.89. The maximum absolute atomic E-state index is 10.0. The van der Waals surface area contributed by atoms with Crippen molar-refractivity contribution in [2.24, 2.45) is 17.0 Å². The molecule has 0 aromatic rings. The second-order valence-corrected chi connectivity index (χ2v) is 2.19. The van der Waals surface area contributed by atoms with Crippen molar-refractivity contribution in [3.05, 3.63) is 4.91 Å². The van der Waals surface area contributed by atoms with Gasteiger partial charge >= 0.3 is 5.97 Å². The van der Waals surface area contributed by atoms with Crippen molar-refractivity contribution in [3.63, 3.8) is 0 Å². The number of rotatable bonds is 2. The molecule has 0 spiro atoms. The highest BCUT2D eigenvalue weighted by molar-refractivity contribution is 5.73. The maximum Gasteiger partial charge on any atom is 0.320 e. The Hall–Kier alpha value is -1.17. The molecule has 0 aliphatic carbocycles. The summed E-state index contributed by atoms with van der Waals surface area (Å²) >= 11 is 0. The van der Waals surface area contributed by atoms with E-state index in [4.69, 9.17) is 21.0 Å². The van der Waals surface area contributed by atoms with Crippen LogP contribution in [-0.4, -0.2) is 22.3 Å². The molecular weight excluding hydrogens is 152 g/mol. The molecule has 0 heterocycles. The molecular formula is C5H12N2O4. The van der Waals surface area contributed by atoms with Crippen molar-refractivity contribution >= 4 is 5.97 Å². The first-order valence-electron chi connectivity index (χ1n) is 2.92. The van der Waals surface area contributed by atoms with Gasteiger partial charge in [-0.2, -0.15) is 0 Å². The lowest BCUT2D eigenvalue weighted by molar-refractivity contribution is -0.139. The maximum atomic E-state index is 10.0. The van der Waals surface area contributed by atoms with Gasteiger partial charge in [-0.15, -0.1) is 4.91 Å². The summed E-state index contributed by atoms with van der Waals surface area (Å²) in [5.74, 6) is -0.910. The van der Waals surface area contributed by atoms with Crippen LogP contribution in [0.5, 0.6) is 0 Å². The normalized spacial score (nSPS) is 11.3. The fourth-order valence-electron chi connectivity index (χ4n) is 0.285. The summed E-state index contributed by atoms with van der Waals surface area (Å²) in [6.07, 6.45) is 0. The van der Waals surface area contributed by atoms with Gasteiger partial charge in [0, 0.05) is 0 Å². The van der Waals surface area contributed by atoms with Crippen LogP contribution in [0.4, 0.5) is 0 Å². The molecule has 0 bridgehead atoms. The van der Waals surface area contributed by atoms with Gasteiger partial charge in [0.1, 0.15) is 6.04 Å². The summed E-state index contributed by atoms with van der Waals surface area (Å²) in [5, 5.41) is 16.1. The van der Waals surface area contributed by atoms with Gasteiger partial charge in [0.05, 0.1) is 0 Å². The van der Waals surface area contributed by atoms with Gasteiger partial charge in [0.2, 0.25) is 0 Å². The van der Waals surface area contributed by atoms with Gasteiger partial charge in [-0.3, -0.25) is 4.79 Å².